The number of alkyl halides is 3. The highest BCUT2D eigenvalue weighted by molar-refractivity contribution is 5.82. The van der Waals surface area contributed by atoms with Crippen LogP contribution in [0.2, 0.25) is 0 Å². The third-order valence-electron chi connectivity index (χ3n) is 2.15. The summed E-state index contributed by atoms with van der Waals surface area (Å²) < 4.78 is 40.4. The molecule has 2 rings (SSSR count). The zero-order valence-electron chi connectivity index (χ0n) is 8.54. The van der Waals surface area contributed by atoms with Crippen LogP contribution < -0.4 is 10.3 Å². The quantitative estimate of drug-likeness (QED) is 0.880. The van der Waals surface area contributed by atoms with Crippen molar-refractivity contribution in [2.75, 3.05) is 6.61 Å². The molecule has 0 amide bonds. The lowest BCUT2D eigenvalue weighted by Gasteiger charge is -2.09. The second kappa shape index (κ2) is 4.12. The van der Waals surface area contributed by atoms with Crippen LogP contribution in [-0.4, -0.2) is 17.8 Å². The van der Waals surface area contributed by atoms with E-state index >= 15 is 0 Å². The molecule has 0 radical (unpaired) electrons. The third-order valence-corrected chi connectivity index (χ3v) is 2.15. The SMILES string of the molecule is O=c1[nH]ccc2ccc(OCC(F)(F)F)cc12. The van der Waals surface area contributed by atoms with Crippen LogP contribution in [0.1, 0.15) is 0 Å². The Bertz CT molecular complexity index is 589. The molecule has 0 atom stereocenters. The van der Waals surface area contributed by atoms with Gasteiger partial charge in [0, 0.05) is 6.20 Å². The van der Waals surface area contributed by atoms with E-state index in [-0.39, 0.29) is 11.3 Å². The molecular weight excluding hydrogens is 235 g/mol. The van der Waals surface area contributed by atoms with E-state index < -0.39 is 12.8 Å². The Labute approximate surface area is 93.8 Å². The first-order valence-electron chi connectivity index (χ1n) is 4.77. The molecule has 0 spiro atoms. The molecule has 0 bridgehead atoms. The highest BCUT2D eigenvalue weighted by Crippen LogP contribution is 2.21. The predicted molar refractivity (Wildman–Crippen MR) is 56.1 cm³/mol. The second-order valence-electron chi connectivity index (χ2n) is 3.46. The summed E-state index contributed by atoms with van der Waals surface area (Å²) in [5, 5.41) is 0.945. The molecular formula is C11H8F3NO2. The Morgan fingerprint density at radius 3 is 2.71 bits per heavy atom. The molecule has 17 heavy (non-hydrogen) atoms. The normalized spacial score (nSPS) is 11.7. The first-order valence-corrected chi connectivity index (χ1v) is 4.77. The standard InChI is InChI=1S/C11H8F3NO2/c12-11(13,14)6-17-8-2-1-7-3-4-15-10(16)9(7)5-8/h1-5H,6H2,(H,15,16). The van der Waals surface area contributed by atoms with Crippen molar-refractivity contribution in [3.8, 4) is 5.75 Å². The van der Waals surface area contributed by atoms with Crippen LogP contribution in [0, 0.1) is 0 Å². The van der Waals surface area contributed by atoms with Gasteiger partial charge in [0.2, 0.25) is 0 Å². The number of pyridine rings is 1. The first kappa shape index (κ1) is 11.5. The summed E-state index contributed by atoms with van der Waals surface area (Å²) in [5.74, 6) is 0.0199. The summed E-state index contributed by atoms with van der Waals surface area (Å²) in [5.41, 5.74) is -0.361. The van der Waals surface area contributed by atoms with Crippen LogP contribution in [0.4, 0.5) is 13.2 Å². The number of fused-ring (bicyclic) bond motifs is 1. The molecule has 1 aromatic carbocycles. The average Bonchev–Trinajstić information content (AvgIpc) is 2.26. The van der Waals surface area contributed by atoms with Gasteiger partial charge in [-0.25, -0.2) is 0 Å². The molecule has 0 aliphatic heterocycles. The van der Waals surface area contributed by atoms with Crippen molar-refractivity contribution >= 4 is 10.8 Å². The lowest BCUT2D eigenvalue weighted by Crippen LogP contribution is -2.19. The van der Waals surface area contributed by atoms with E-state index in [1.54, 1.807) is 6.07 Å². The Hall–Kier alpha value is -1.98. The highest BCUT2D eigenvalue weighted by Gasteiger charge is 2.28. The van der Waals surface area contributed by atoms with E-state index in [1.807, 2.05) is 0 Å². The van der Waals surface area contributed by atoms with Gasteiger partial charge >= 0.3 is 6.18 Å². The highest BCUT2D eigenvalue weighted by atomic mass is 19.4. The zero-order valence-corrected chi connectivity index (χ0v) is 8.54. The van der Waals surface area contributed by atoms with Gasteiger partial charge in [-0.1, -0.05) is 6.07 Å². The van der Waals surface area contributed by atoms with E-state index in [1.165, 1.54) is 24.4 Å². The van der Waals surface area contributed by atoms with Gasteiger partial charge in [-0.2, -0.15) is 13.2 Å². The number of aromatic nitrogens is 1. The molecule has 6 heteroatoms. The molecule has 2 aromatic rings. The van der Waals surface area contributed by atoms with Gasteiger partial charge in [0.1, 0.15) is 5.75 Å². The molecule has 0 unspecified atom stereocenters. The molecule has 0 fully saturated rings. The Morgan fingerprint density at radius 1 is 1.24 bits per heavy atom. The lowest BCUT2D eigenvalue weighted by atomic mass is 10.2. The summed E-state index contributed by atoms with van der Waals surface area (Å²) in [7, 11) is 0. The Kier molecular flexibility index (Phi) is 2.79. The van der Waals surface area contributed by atoms with E-state index in [0.717, 1.165) is 0 Å². The summed E-state index contributed by atoms with van der Waals surface area (Å²) in [6, 6.07) is 5.88. The molecule has 3 nitrogen and oxygen atoms in total. The fourth-order valence-electron chi connectivity index (χ4n) is 1.42. The fourth-order valence-corrected chi connectivity index (χ4v) is 1.42. The third kappa shape index (κ3) is 2.77. The number of H-pyrrole nitrogens is 1. The number of hydrogen-bond donors (Lipinski definition) is 1. The van der Waals surface area contributed by atoms with Crippen LogP contribution in [0.5, 0.6) is 5.75 Å². The molecule has 0 aliphatic carbocycles. The molecule has 1 heterocycles. The van der Waals surface area contributed by atoms with Gasteiger partial charge in [-0.05, 0) is 23.6 Å². The van der Waals surface area contributed by atoms with Crippen molar-refractivity contribution in [1.82, 2.24) is 4.98 Å². The minimum atomic E-state index is -4.39. The summed E-state index contributed by atoms with van der Waals surface area (Å²) in [4.78, 5) is 13.8. The van der Waals surface area contributed by atoms with Crippen molar-refractivity contribution in [2.45, 2.75) is 6.18 Å². The van der Waals surface area contributed by atoms with E-state index in [9.17, 15) is 18.0 Å². The van der Waals surface area contributed by atoms with Crippen molar-refractivity contribution in [3.05, 3.63) is 40.8 Å². The Morgan fingerprint density at radius 2 is 2.00 bits per heavy atom. The number of halogens is 3. The van der Waals surface area contributed by atoms with E-state index in [0.29, 0.717) is 10.8 Å². The smallest absolute Gasteiger partial charge is 0.422 e. The predicted octanol–water partition coefficient (Wildman–Crippen LogP) is 2.47. The van der Waals surface area contributed by atoms with Gasteiger partial charge in [-0.3, -0.25) is 4.79 Å². The number of nitrogens with one attached hydrogen (secondary N) is 1. The van der Waals surface area contributed by atoms with Crippen LogP contribution in [0.15, 0.2) is 35.3 Å². The van der Waals surface area contributed by atoms with Gasteiger partial charge < -0.3 is 9.72 Å². The number of benzene rings is 1. The molecule has 90 valence electrons. The number of ether oxygens (including phenoxy) is 1. The molecule has 1 N–H and O–H groups in total. The monoisotopic (exact) mass is 243 g/mol. The summed E-state index contributed by atoms with van der Waals surface area (Å²) in [6.45, 7) is -1.37. The van der Waals surface area contributed by atoms with Gasteiger partial charge in [0.05, 0.1) is 5.39 Å². The molecule has 0 aliphatic rings. The molecule has 0 saturated carbocycles. The number of aromatic amines is 1. The van der Waals surface area contributed by atoms with Gasteiger partial charge in [0.25, 0.3) is 5.56 Å². The van der Waals surface area contributed by atoms with Crippen LogP contribution in [0.25, 0.3) is 10.8 Å². The summed E-state index contributed by atoms with van der Waals surface area (Å²) in [6.07, 6.45) is -2.92. The zero-order chi connectivity index (χ0) is 12.5. The lowest BCUT2D eigenvalue weighted by molar-refractivity contribution is -0.153. The minimum absolute atomic E-state index is 0.0199. The maximum Gasteiger partial charge on any atom is 0.422 e. The van der Waals surface area contributed by atoms with E-state index in [4.69, 9.17) is 0 Å². The van der Waals surface area contributed by atoms with Crippen molar-refractivity contribution in [2.24, 2.45) is 0 Å². The summed E-state index contributed by atoms with van der Waals surface area (Å²) >= 11 is 0. The largest absolute Gasteiger partial charge is 0.484 e. The fraction of sp³-hybridized carbons (Fsp3) is 0.182. The number of hydrogen-bond acceptors (Lipinski definition) is 2. The molecule has 0 saturated heterocycles. The van der Waals surface area contributed by atoms with E-state index in [2.05, 4.69) is 9.72 Å². The topological polar surface area (TPSA) is 42.1 Å². The first-order chi connectivity index (χ1) is 7.96. The van der Waals surface area contributed by atoms with Gasteiger partial charge in [-0.15, -0.1) is 0 Å². The average molecular weight is 243 g/mol. The maximum absolute atomic E-state index is 11.9. The van der Waals surface area contributed by atoms with Crippen molar-refractivity contribution in [1.29, 1.82) is 0 Å². The van der Waals surface area contributed by atoms with Crippen LogP contribution >= 0.6 is 0 Å². The van der Waals surface area contributed by atoms with Crippen LogP contribution in [-0.2, 0) is 0 Å². The maximum atomic E-state index is 11.9. The second-order valence-corrected chi connectivity index (χ2v) is 3.46. The van der Waals surface area contributed by atoms with Crippen molar-refractivity contribution in [3.63, 3.8) is 0 Å². The van der Waals surface area contributed by atoms with Crippen LogP contribution in [0.3, 0.4) is 0 Å². The molecule has 1 aromatic heterocycles. The minimum Gasteiger partial charge on any atom is -0.484 e. The Balaban J connectivity index is 2.32. The number of rotatable bonds is 2. The van der Waals surface area contributed by atoms with Crippen molar-refractivity contribution < 1.29 is 17.9 Å². The van der Waals surface area contributed by atoms with Gasteiger partial charge in [0.15, 0.2) is 6.61 Å².